The van der Waals surface area contributed by atoms with E-state index >= 15 is 0 Å². The lowest BCUT2D eigenvalue weighted by atomic mass is 10.0. The van der Waals surface area contributed by atoms with Crippen molar-refractivity contribution in [3.63, 3.8) is 0 Å². The molecule has 1 aliphatic rings. The van der Waals surface area contributed by atoms with Crippen LogP contribution in [0.2, 0.25) is 0 Å². The molecule has 0 saturated carbocycles. The summed E-state index contributed by atoms with van der Waals surface area (Å²) in [7, 11) is 0. The number of halogens is 2. The van der Waals surface area contributed by atoms with Crippen molar-refractivity contribution >= 4 is 22.6 Å². The summed E-state index contributed by atoms with van der Waals surface area (Å²) in [6, 6.07) is 10.2. The zero-order chi connectivity index (χ0) is 18.8. The van der Waals surface area contributed by atoms with Gasteiger partial charge in [0, 0.05) is 13.1 Å². The number of nitrogens with zero attached hydrogens (tertiary/aromatic N) is 5. The topological polar surface area (TPSA) is 67.1 Å². The van der Waals surface area contributed by atoms with Gasteiger partial charge in [0.05, 0.1) is 12.9 Å². The normalized spacial score (nSPS) is 16.0. The van der Waals surface area contributed by atoms with E-state index in [1.807, 2.05) is 18.2 Å². The molecule has 0 bridgehead atoms. The van der Waals surface area contributed by atoms with E-state index < -0.39 is 12.5 Å². The molecule has 0 aliphatic carbocycles. The molecule has 140 valence electrons. The van der Waals surface area contributed by atoms with Crippen LogP contribution in [0.15, 0.2) is 49.1 Å². The monoisotopic (exact) mass is 371 g/mol. The lowest BCUT2D eigenvalue weighted by molar-refractivity contribution is -0.0130. The maximum absolute atomic E-state index is 12.7. The van der Waals surface area contributed by atoms with Crippen LogP contribution in [0, 0.1) is 0 Å². The number of aliphatic hydroxyl groups is 1. The highest BCUT2D eigenvalue weighted by molar-refractivity contribution is 5.85. The summed E-state index contributed by atoms with van der Waals surface area (Å²) in [4.78, 5) is 15.0. The average molecular weight is 371 g/mol. The van der Waals surface area contributed by atoms with Crippen LogP contribution in [0.3, 0.4) is 0 Å². The van der Waals surface area contributed by atoms with Gasteiger partial charge in [0.15, 0.2) is 17.0 Å². The number of aliphatic hydroxyl groups excluding tert-OH is 1. The Labute approximate surface area is 154 Å². The standard InChI is InChI=1S/C19H19F2N5O/c20-17(21)15(27)10-26-12-24-16-18(22-11-23-19(16)26)25-8-4-7-14(9-25)13-5-2-1-3-6-13/h1-3,5-7,11-12,15,17,27H,4,8-10H2. The number of imidazole rings is 1. The molecule has 1 aromatic carbocycles. The molecule has 0 amide bonds. The average Bonchev–Trinajstić information content (AvgIpc) is 3.11. The van der Waals surface area contributed by atoms with Crippen molar-refractivity contribution in [2.24, 2.45) is 0 Å². The Bertz CT molecular complexity index is 957. The maximum atomic E-state index is 12.7. The Morgan fingerprint density at radius 1 is 1.11 bits per heavy atom. The molecule has 1 aliphatic heterocycles. The third kappa shape index (κ3) is 3.52. The molecule has 1 atom stereocenters. The minimum Gasteiger partial charge on any atom is -0.385 e. The second-order valence-electron chi connectivity index (χ2n) is 6.47. The molecule has 0 saturated heterocycles. The molecule has 0 radical (unpaired) electrons. The number of aromatic nitrogens is 4. The highest BCUT2D eigenvalue weighted by Crippen LogP contribution is 2.28. The maximum Gasteiger partial charge on any atom is 0.265 e. The fourth-order valence-electron chi connectivity index (χ4n) is 3.30. The van der Waals surface area contributed by atoms with Crippen LogP contribution in [0.4, 0.5) is 14.6 Å². The summed E-state index contributed by atoms with van der Waals surface area (Å²) >= 11 is 0. The van der Waals surface area contributed by atoms with Gasteiger partial charge in [0.25, 0.3) is 6.43 Å². The zero-order valence-corrected chi connectivity index (χ0v) is 14.5. The van der Waals surface area contributed by atoms with Gasteiger partial charge in [-0.15, -0.1) is 0 Å². The van der Waals surface area contributed by atoms with E-state index in [4.69, 9.17) is 0 Å². The van der Waals surface area contributed by atoms with Gasteiger partial charge in [-0.3, -0.25) is 0 Å². The molecule has 3 aromatic rings. The Kier molecular flexibility index (Phi) is 4.81. The Morgan fingerprint density at radius 2 is 1.93 bits per heavy atom. The Balaban J connectivity index is 1.63. The van der Waals surface area contributed by atoms with Crippen LogP contribution in [0.25, 0.3) is 16.7 Å². The van der Waals surface area contributed by atoms with Gasteiger partial charge in [0.1, 0.15) is 12.4 Å². The van der Waals surface area contributed by atoms with Gasteiger partial charge in [-0.2, -0.15) is 0 Å². The summed E-state index contributed by atoms with van der Waals surface area (Å²) in [6.45, 7) is 1.21. The van der Waals surface area contributed by atoms with Crippen molar-refractivity contribution in [1.82, 2.24) is 19.5 Å². The van der Waals surface area contributed by atoms with Crippen molar-refractivity contribution < 1.29 is 13.9 Å². The molecule has 0 fully saturated rings. The van der Waals surface area contributed by atoms with E-state index in [0.29, 0.717) is 23.5 Å². The smallest absolute Gasteiger partial charge is 0.265 e. The van der Waals surface area contributed by atoms with E-state index in [2.05, 4.69) is 38.1 Å². The molecule has 3 heterocycles. The number of rotatable bonds is 5. The van der Waals surface area contributed by atoms with E-state index in [1.165, 1.54) is 22.8 Å². The summed E-state index contributed by atoms with van der Waals surface area (Å²) in [5.41, 5.74) is 3.36. The SMILES string of the molecule is OC(Cn1cnc2c(N3CCC=C(c4ccccc4)C3)ncnc21)C(F)F. The quantitative estimate of drug-likeness (QED) is 0.747. The van der Waals surface area contributed by atoms with Gasteiger partial charge in [0.2, 0.25) is 0 Å². The fraction of sp³-hybridized carbons (Fsp3) is 0.316. The van der Waals surface area contributed by atoms with Crippen LogP contribution < -0.4 is 4.90 Å². The first-order chi connectivity index (χ1) is 13.1. The molecular formula is C19H19F2N5O. The number of fused-ring (bicyclic) bond motifs is 1. The lowest BCUT2D eigenvalue weighted by Crippen LogP contribution is -2.30. The Hall–Kier alpha value is -2.87. The number of hydrogen-bond acceptors (Lipinski definition) is 5. The lowest BCUT2D eigenvalue weighted by Gasteiger charge is -2.28. The highest BCUT2D eigenvalue weighted by Gasteiger charge is 2.22. The number of benzene rings is 1. The van der Waals surface area contributed by atoms with Crippen molar-refractivity contribution in [3.8, 4) is 0 Å². The van der Waals surface area contributed by atoms with Gasteiger partial charge in [-0.05, 0) is 17.6 Å². The molecular weight excluding hydrogens is 352 g/mol. The van der Waals surface area contributed by atoms with Gasteiger partial charge in [-0.25, -0.2) is 23.7 Å². The van der Waals surface area contributed by atoms with Crippen LogP contribution in [-0.2, 0) is 6.54 Å². The van der Waals surface area contributed by atoms with Crippen molar-refractivity contribution in [3.05, 3.63) is 54.6 Å². The summed E-state index contributed by atoms with van der Waals surface area (Å²) < 4.78 is 26.8. The van der Waals surface area contributed by atoms with E-state index in [-0.39, 0.29) is 6.54 Å². The molecule has 0 spiro atoms. The predicted octanol–water partition coefficient (Wildman–Crippen LogP) is 2.75. The minimum atomic E-state index is -2.82. The molecule has 8 heteroatoms. The first kappa shape index (κ1) is 17.5. The second kappa shape index (κ2) is 7.40. The zero-order valence-electron chi connectivity index (χ0n) is 14.5. The fourth-order valence-corrected chi connectivity index (χ4v) is 3.30. The highest BCUT2D eigenvalue weighted by atomic mass is 19.3. The van der Waals surface area contributed by atoms with Crippen LogP contribution in [0.5, 0.6) is 0 Å². The van der Waals surface area contributed by atoms with Crippen molar-refractivity contribution in [2.45, 2.75) is 25.5 Å². The molecule has 27 heavy (non-hydrogen) atoms. The minimum absolute atomic E-state index is 0.264. The molecule has 1 unspecified atom stereocenters. The first-order valence-corrected chi connectivity index (χ1v) is 8.75. The summed E-state index contributed by atoms with van der Waals surface area (Å²) in [5.74, 6) is 0.673. The summed E-state index contributed by atoms with van der Waals surface area (Å²) in [5, 5.41) is 9.48. The van der Waals surface area contributed by atoms with Crippen molar-refractivity contribution in [2.75, 3.05) is 18.0 Å². The third-order valence-electron chi connectivity index (χ3n) is 4.65. The van der Waals surface area contributed by atoms with Crippen LogP contribution in [0.1, 0.15) is 12.0 Å². The van der Waals surface area contributed by atoms with E-state index in [9.17, 15) is 13.9 Å². The predicted molar refractivity (Wildman–Crippen MR) is 98.6 cm³/mol. The third-order valence-corrected chi connectivity index (χ3v) is 4.65. The molecule has 4 rings (SSSR count). The largest absolute Gasteiger partial charge is 0.385 e. The Morgan fingerprint density at radius 3 is 2.70 bits per heavy atom. The van der Waals surface area contributed by atoms with Crippen LogP contribution >= 0.6 is 0 Å². The first-order valence-electron chi connectivity index (χ1n) is 8.75. The number of anilines is 1. The van der Waals surface area contributed by atoms with E-state index in [0.717, 1.165) is 18.5 Å². The van der Waals surface area contributed by atoms with Gasteiger partial charge in [-0.1, -0.05) is 36.4 Å². The number of hydrogen-bond donors (Lipinski definition) is 1. The van der Waals surface area contributed by atoms with Gasteiger partial charge >= 0.3 is 0 Å². The molecule has 1 N–H and O–H groups in total. The van der Waals surface area contributed by atoms with Gasteiger partial charge < -0.3 is 14.6 Å². The summed E-state index contributed by atoms with van der Waals surface area (Å²) in [6.07, 6.45) is 1.35. The van der Waals surface area contributed by atoms with Crippen molar-refractivity contribution in [1.29, 1.82) is 0 Å². The molecule has 2 aromatic heterocycles. The second-order valence-corrected chi connectivity index (χ2v) is 6.47. The number of alkyl halides is 2. The van der Waals surface area contributed by atoms with Crippen LogP contribution in [-0.4, -0.2) is 50.2 Å². The van der Waals surface area contributed by atoms with E-state index in [1.54, 1.807) is 0 Å². The molecule has 6 nitrogen and oxygen atoms in total.